The number of nitrogens with zero attached hydrogens (tertiary/aromatic N) is 2. The molecule has 0 bridgehead atoms. The van der Waals surface area contributed by atoms with Crippen LogP contribution in [-0.4, -0.2) is 64.8 Å². The summed E-state index contributed by atoms with van der Waals surface area (Å²) in [5.41, 5.74) is 0.467. The molecule has 0 aromatic heterocycles. The lowest BCUT2D eigenvalue weighted by molar-refractivity contribution is -0.161. The third-order valence-corrected chi connectivity index (χ3v) is 4.87. The lowest BCUT2D eigenvalue weighted by Gasteiger charge is -2.27. The van der Waals surface area contributed by atoms with Gasteiger partial charge in [-0.3, -0.25) is 24.2 Å². The van der Waals surface area contributed by atoms with E-state index < -0.39 is 41.9 Å². The molecule has 2 aliphatic heterocycles. The van der Waals surface area contributed by atoms with Crippen LogP contribution >= 0.6 is 0 Å². The predicted molar refractivity (Wildman–Crippen MR) is 101 cm³/mol. The van der Waals surface area contributed by atoms with Gasteiger partial charge >= 0.3 is 12.0 Å². The number of ether oxygens (including phenoxy) is 1. The fourth-order valence-corrected chi connectivity index (χ4v) is 3.45. The standard InChI is InChI=1S/C20H23N3O6/c1-11(2)10-15(23-17(25)13-6-4-5-7-14(13)18(23)26)19(27)29-12(3)16(24)22-9-8-21-20(22)28/h4-7,11-12,15H,8-10H2,1-3H3,(H,21,28)/t12-,15-/m1/s1. The Morgan fingerprint density at radius 2 is 1.66 bits per heavy atom. The smallest absolute Gasteiger partial charge is 0.330 e. The number of hydrogen-bond donors (Lipinski definition) is 1. The minimum absolute atomic E-state index is 0.0211. The van der Waals surface area contributed by atoms with E-state index in [0.717, 1.165) is 9.80 Å². The number of carbonyl (C=O) groups is 5. The number of esters is 1. The quantitative estimate of drug-likeness (QED) is 0.566. The molecule has 5 amide bonds. The van der Waals surface area contributed by atoms with Crippen molar-refractivity contribution in [3.63, 3.8) is 0 Å². The zero-order valence-corrected chi connectivity index (χ0v) is 16.5. The second kappa shape index (κ2) is 8.02. The molecule has 1 fully saturated rings. The summed E-state index contributed by atoms with van der Waals surface area (Å²) in [6.07, 6.45) is -1.04. The van der Waals surface area contributed by atoms with E-state index in [0.29, 0.717) is 6.54 Å². The third kappa shape index (κ3) is 3.85. The Labute approximate surface area is 168 Å². The molecule has 1 aromatic rings. The fourth-order valence-electron chi connectivity index (χ4n) is 3.45. The molecule has 29 heavy (non-hydrogen) atoms. The molecule has 0 saturated carbocycles. The molecule has 9 heteroatoms. The highest BCUT2D eigenvalue weighted by molar-refractivity contribution is 6.22. The van der Waals surface area contributed by atoms with Gasteiger partial charge in [-0.25, -0.2) is 9.59 Å². The van der Waals surface area contributed by atoms with Crippen LogP contribution in [-0.2, 0) is 14.3 Å². The van der Waals surface area contributed by atoms with Gasteiger partial charge in [0.25, 0.3) is 17.7 Å². The van der Waals surface area contributed by atoms with Gasteiger partial charge in [-0.1, -0.05) is 26.0 Å². The first kappa shape index (κ1) is 20.5. The summed E-state index contributed by atoms with van der Waals surface area (Å²) in [6, 6.07) is 4.65. The summed E-state index contributed by atoms with van der Waals surface area (Å²) < 4.78 is 5.29. The molecule has 3 rings (SSSR count). The van der Waals surface area contributed by atoms with Crippen molar-refractivity contribution in [2.24, 2.45) is 5.92 Å². The van der Waals surface area contributed by atoms with Crippen molar-refractivity contribution >= 4 is 29.7 Å². The van der Waals surface area contributed by atoms with Gasteiger partial charge in [-0.15, -0.1) is 0 Å². The number of benzene rings is 1. The SMILES string of the molecule is CC(C)C[C@H](C(=O)O[C@H](C)C(=O)N1CCNC1=O)N1C(=O)c2ccccc2C1=O. The normalized spacial score (nSPS) is 18.0. The maximum atomic E-state index is 12.9. The average Bonchev–Trinajstić information content (AvgIpc) is 3.21. The molecule has 2 heterocycles. The lowest BCUT2D eigenvalue weighted by atomic mass is 10.0. The van der Waals surface area contributed by atoms with Crippen LogP contribution in [0.25, 0.3) is 0 Å². The van der Waals surface area contributed by atoms with Crippen molar-refractivity contribution in [2.75, 3.05) is 13.1 Å². The van der Waals surface area contributed by atoms with Crippen LogP contribution in [0.1, 0.15) is 47.9 Å². The summed E-state index contributed by atoms with van der Waals surface area (Å²) in [6.45, 7) is 5.58. The Balaban J connectivity index is 1.79. The van der Waals surface area contributed by atoms with Crippen LogP contribution in [0.15, 0.2) is 24.3 Å². The molecule has 0 unspecified atom stereocenters. The summed E-state index contributed by atoms with van der Waals surface area (Å²) in [5, 5.41) is 2.50. The van der Waals surface area contributed by atoms with Crippen LogP contribution in [0.2, 0.25) is 0 Å². The number of imide groups is 2. The summed E-state index contributed by atoms with van der Waals surface area (Å²) in [5.74, 6) is -2.66. The predicted octanol–water partition coefficient (Wildman–Crippen LogP) is 1.18. The average molecular weight is 401 g/mol. The molecule has 0 aliphatic carbocycles. The van der Waals surface area contributed by atoms with Crippen molar-refractivity contribution in [1.82, 2.24) is 15.1 Å². The minimum atomic E-state index is -1.23. The molecule has 9 nitrogen and oxygen atoms in total. The van der Waals surface area contributed by atoms with Crippen molar-refractivity contribution in [1.29, 1.82) is 0 Å². The van der Waals surface area contributed by atoms with Gasteiger partial charge in [0.2, 0.25) is 0 Å². The summed E-state index contributed by atoms with van der Waals surface area (Å²) >= 11 is 0. The highest BCUT2D eigenvalue weighted by atomic mass is 16.5. The molecular formula is C20H23N3O6. The van der Waals surface area contributed by atoms with E-state index in [-0.39, 0.29) is 30.0 Å². The summed E-state index contributed by atoms with van der Waals surface area (Å²) in [4.78, 5) is 64.4. The first-order valence-electron chi connectivity index (χ1n) is 9.49. The fraction of sp³-hybridized carbons (Fsp3) is 0.450. The Morgan fingerprint density at radius 1 is 1.07 bits per heavy atom. The van der Waals surface area contributed by atoms with E-state index in [1.165, 1.54) is 19.1 Å². The maximum absolute atomic E-state index is 12.9. The van der Waals surface area contributed by atoms with Gasteiger partial charge < -0.3 is 10.1 Å². The van der Waals surface area contributed by atoms with Crippen LogP contribution in [0, 0.1) is 5.92 Å². The van der Waals surface area contributed by atoms with E-state index in [1.54, 1.807) is 12.1 Å². The molecule has 1 aromatic carbocycles. The molecule has 0 radical (unpaired) electrons. The monoisotopic (exact) mass is 401 g/mol. The van der Waals surface area contributed by atoms with Gasteiger partial charge in [-0.05, 0) is 31.4 Å². The number of fused-ring (bicyclic) bond motifs is 1. The van der Waals surface area contributed by atoms with Crippen molar-refractivity contribution in [3.8, 4) is 0 Å². The maximum Gasteiger partial charge on any atom is 0.330 e. The number of nitrogens with one attached hydrogen (secondary N) is 1. The van der Waals surface area contributed by atoms with Gasteiger partial charge in [0, 0.05) is 13.1 Å². The second-order valence-electron chi connectivity index (χ2n) is 7.47. The molecule has 2 aliphatic rings. The molecule has 154 valence electrons. The van der Waals surface area contributed by atoms with E-state index in [9.17, 15) is 24.0 Å². The van der Waals surface area contributed by atoms with Gasteiger partial charge in [0.05, 0.1) is 11.1 Å². The van der Waals surface area contributed by atoms with Gasteiger partial charge in [0.1, 0.15) is 6.04 Å². The molecule has 1 N–H and O–H groups in total. The van der Waals surface area contributed by atoms with Gasteiger partial charge in [0.15, 0.2) is 6.10 Å². The molecule has 1 saturated heterocycles. The van der Waals surface area contributed by atoms with Crippen LogP contribution in [0.4, 0.5) is 4.79 Å². The highest BCUT2D eigenvalue weighted by Crippen LogP contribution is 2.27. The molecule has 2 atom stereocenters. The number of urea groups is 1. The van der Waals surface area contributed by atoms with Crippen molar-refractivity contribution in [3.05, 3.63) is 35.4 Å². The second-order valence-corrected chi connectivity index (χ2v) is 7.47. The molecular weight excluding hydrogens is 378 g/mol. The van der Waals surface area contributed by atoms with E-state index >= 15 is 0 Å². The van der Waals surface area contributed by atoms with Crippen LogP contribution in [0.3, 0.4) is 0 Å². The van der Waals surface area contributed by atoms with Crippen molar-refractivity contribution < 1.29 is 28.7 Å². The Kier molecular flexibility index (Phi) is 5.67. The van der Waals surface area contributed by atoms with Crippen LogP contribution < -0.4 is 5.32 Å². The Hall–Kier alpha value is -3.23. The minimum Gasteiger partial charge on any atom is -0.451 e. The van der Waals surface area contributed by atoms with E-state index in [4.69, 9.17) is 4.74 Å². The Morgan fingerprint density at radius 3 is 2.14 bits per heavy atom. The largest absolute Gasteiger partial charge is 0.451 e. The number of rotatable bonds is 6. The first-order valence-corrected chi connectivity index (χ1v) is 9.49. The molecule has 0 spiro atoms. The Bertz CT molecular complexity index is 846. The van der Waals surface area contributed by atoms with Gasteiger partial charge in [-0.2, -0.15) is 0 Å². The number of carbonyl (C=O) groups excluding carboxylic acids is 5. The summed E-state index contributed by atoms with van der Waals surface area (Å²) in [7, 11) is 0. The number of hydrogen-bond acceptors (Lipinski definition) is 6. The lowest BCUT2D eigenvalue weighted by Crippen LogP contribution is -2.49. The van der Waals surface area contributed by atoms with Crippen molar-refractivity contribution in [2.45, 2.75) is 39.3 Å². The topological polar surface area (TPSA) is 113 Å². The number of amides is 5. The first-order chi connectivity index (χ1) is 13.7. The van der Waals surface area contributed by atoms with E-state index in [2.05, 4.69) is 5.32 Å². The zero-order valence-electron chi connectivity index (χ0n) is 16.5. The third-order valence-electron chi connectivity index (χ3n) is 4.87. The van der Waals surface area contributed by atoms with Crippen LogP contribution in [0.5, 0.6) is 0 Å². The zero-order chi connectivity index (χ0) is 21.3. The van der Waals surface area contributed by atoms with E-state index in [1.807, 2.05) is 13.8 Å². The highest BCUT2D eigenvalue weighted by Gasteiger charge is 2.44.